The molecule has 7 heteroatoms. The number of piperidine rings is 1. The van der Waals surface area contributed by atoms with Gasteiger partial charge in [0.2, 0.25) is 0 Å². The summed E-state index contributed by atoms with van der Waals surface area (Å²) in [6, 6.07) is 7.51. The van der Waals surface area contributed by atoms with Gasteiger partial charge < -0.3 is 15.3 Å². The average molecular weight is 382 g/mol. The third kappa shape index (κ3) is 5.61. The molecule has 2 rings (SSSR count). The molecule has 2 unspecified atom stereocenters. The number of carboxylic acids is 1. The molecule has 6 nitrogen and oxygen atoms in total. The number of nitrogens with zero attached hydrogens (tertiary/aromatic N) is 2. The molecule has 0 saturated carbocycles. The van der Waals surface area contributed by atoms with Crippen molar-refractivity contribution >= 4 is 23.6 Å². The summed E-state index contributed by atoms with van der Waals surface area (Å²) >= 11 is 5.99. The van der Waals surface area contributed by atoms with Crippen molar-refractivity contribution in [1.29, 1.82) is 0 Å². The van der Waals surface area contributed by atoms with Gasteiger partial charge in [-0.2, -0.15) is 0 Å². The number of carbonyl (C=O) groups excluding carboxylic acids is 1. The van der Waals surface area contributed by atoms with Gasteiger partial charge in [-0.25, -0.2) is 4.79 Å². The number of aliphatic carboxylic acids is 1. The van der Waals surface area contributed by atoms with Crippen LogP contribution in [0.25, 0.3) is 0 Å². The standard InChI is InChI=1S/C19H28ClN3O3/c1-3-10-22(2)17(14-6-8-16(20)9-7-14)12-21-19(26)23-11-4-5-15(13-23)18(24)25/h6-9,15,17H,3-5,10-13H2,1-2H3,(H,21,26)(H,24,25). The van der Waals surface area contributed by atoms with Gasteiger partial charge >= 0.3 is 12.0 Å². The minimum absolute atomic E-state index is 0.0382. The van der Waals surface area contributed by atoms with Crippen LogP contribution in [0.1, 0.15) is 37.8 Å². The first-order valence-electron chi connectivity index (χ1n) is 9.13. The smallest absolute Gasteiger partial charge is 0.317 e. The highest BCUT2D eigenvalue weighted by Gasteiger charge is 2.28. The molecule has 0 aliphatic carbocycles. The molecule has 1 aliphatic rings. The number of hydrogen-bond donors (Lipinski definition) is 2. The van der Waals surface area contributed by atoms with E-state index < -0.39 is 11.9 Å². The van der Waals surface area contributed by atoms with Gasteiger partial charge in [-0.15, -0.1) is 0 Å². The Balaban J connectivity index is 2.00. The van der Waals surface area contributed by atoms with E-state index in [1.807, 2.05) is 31.3 Å². The SMILES string of the molecule is CCCN(C)C(CNC(=O)N1CCCC(C(=O)O)C1)c1ccc(Cl)cc1. The average Bonchev–Trinajstić information content (AvgIpc) is 2.63. The van der Waals surface area contributed by atoms with Crippen LogP contribution in [0.5, 0.6) is 0 Å². The van der Waals surface area contributed by atoms with Gasteiger partial charge in [0.05, 0.1) is 12.0 Å². The van der Waals surface area contributed by atoms with E-state index in [1.165, 1.54) is 0 Å². The zero-order valence-corrected chi connectivity index (χ0v) is 16.2. The van der Waals surface area contributed by atoms with Crippen LogP contribution in [0.2, 0.25) is 5.02 Å². The van der Waals surface area contributed by atoms with Gasteiger partial charge in [0.25, 0.3) is 0 Å². The Morgan fingerprint density at radius 2 is 2.08 bits per heavy atom. The number of urea groups is 1. The Labute approximate surface area is 160 Å². The van der Waals surface area contributed by atoms with E-state index in [-0.39, 0.29) is 18.6 Å². The number of rotatable bonds is 7. The molecule has 0 aromatic heterocycles. The minimum Gasteiger partial charge on any atom is -0.481 e. The largest absolute Gasteiger partial charge is 0.481 e. The molecule has 1 fully saturated rings. The summed E-state index contributed by atoms with van der Waals surface area (Å²) in [6.45, 7) is 4.37. The highest BCUT2D eigenvalue weighted by Crippen LogP contribution is 2.22. The number of halogens is 1. The molecule has 1 aromatic rings. The lowest BCUT2D eigenvalue weighted by atomic mass is 9.99. The molecule has 144 valence electrons. The van der Waals surface area contributed by atoms with Gasteiger partial charge in [0.15, 0.2) is 0 Å². The first kappa shape index (κ1) is 20.5. The number of carboxylic acid groups (broad SMARTS) is 1. The van der Waals surface area contributed by atoms with Crippen LogP contribution in [0.3, 0.4) is 0 Å². The molecular weight excluding hydrogens is 354 g/mol. The Bertz CT molecular complexity index is 609. The van der Waals surface area contributed by atoms with Gasteiger partial charge in [0.1, 0.15) is 0 Å². The van der Waals surface area contributed by atoms with Crippen LogP contribution in [-0.4, -0.2) is 60.1 Å². The molecule has 2 atom stereocenters. The lowest BCUT2D eigenvalue weighted by Gasteiger charge is -2.33. The van der Waals surface area contributed by atoms with Crippen molar-refractivity contribution in [2.75, 3.05) is 33.2 Å². The third-order valence-corrected chi connectivity index (χ3v) is 5.12. The summed E-state index contributed by atoms with van der Waals surface area (Å²) in [4.78, 5) is 27.5. The highest BCUT2D eigenvalue weighted by atomic mass is 35.5. The minimum atomic E-state index is -0.829. The molecule has 0 bridgehead atoms. The maximum absolute atomic E-state index is 12.5. The normalized spacial score (nSPS) is 18.6. The van der Waals surface area contributed by atoms with E-state index in [2.05, 4.69) is 17.1 Å². The maximum atomic E-state index is 12.5. The molecule has 1 saturated heterocycles. The molecule has 0 spiro atoms. The second-order valence-electron chi connectivity index (χ2n) is 6.86. The number of likely N-dealkylation sites (N-methyl/N-ethyl adjacent to an activating group) is 1. The first-order valence-corrected chi connectivity index (χ1v) is 9.51. The van der Waals surface area contributed by atoms with Gasteiger partial charge in [-0.3, -0.25) is 9.69 Å². The van der Waals surface area contributed by atoms with E-state index in [9.17, 15) is 14.7 Å². The molecule has 2 N–H and O–H groups in total. The summed E-state index contributed by atoms with van der Waals surface area (Å²) in [6.07, 6.45) is 2.37. The summed E-state index contributed by atoms with van der Waals surface area (Å²) in [5.41, 5.74) is 1.09. The second kappa shape index (κ2) is 9.78. The van der Waals surface area contributed by atoms with Crippen molar-refractivity contribution in [2.24, 2.45) is 5.92 Å². The topological polar surface area (TPSA) is 72.9 Å². The predicted molar refractivity (Wildman–Crippen MR) is 102 cm³/mol. The molecule has 2 amide bonds. The van der Waals surface area contributed by atoms with Gasteiger partial charge in [-0.05, 0) is 50.6 Å². The summed E-state index contributed by atoms with van der Waals surface area (Å²) in [7, 11) is 2.04. The quantitative estimate of drug-likeness (QED) is 0.760. The summed E-state index contributed by atoms with van der Waals surface area (Å²) in [5.74, 6) is -1.30. The number of benzene rings is 1. The number of carbonyl (C=O) groups is 2. The van der Waals surface area contributed by atoms with Crippen molar-refractivity contribution in [3.8, 4) is 0 Å². The van der Waals surface area contributed by atoms with Gasteiger partial charge in [0, 0.05) is 24.7 Å². The van der Waals surface area contributed by atoms with Crippen LogP contribution in [0.4, 0.5) is 4.79 Å². The van der Waals surface area contributed by atoms with Crippen molar-refractivity contribution in [3.63, 3.8) is 0 Å². The number of amides is 2. The van der Waals surface area contributed by atoms with E-state index in [4.69, 9.17) is 11.6 Å². The number of nitrogens with one attached hydrogen (secondary N) is 1. The molecule has 1 aromatic carbocycles. The Morgan fingerprint density at radius 1 is 1.38 bits per heavy atom. The Kier molecular flexibility index (Phi) is 7.72. The fourth-order valence-corrected chi connectivity index (χ4v) is 3.51. The van der Waals surface area contributed by atoms with Crippen molar-refractivity contribution in [1.82, 2.24) is 15.1 Å². The summed E-state index contributed by atoms with van der Waals surface area (Å²) in [5, 5.41) is 12.8. The zero-order chi connectivity index (χ0) is 19.1. The zero-order valence-electron chi connectivity index (χ0n) is 15.4. The molecule has 0 radical (unpaired) electrons. The van der Waals surface area contributed by atoms with E-state index >= 15 is 0 Å². The van der Waals surface area contributed by atoms with E-state index in [0.717, 1.165) is 24.9 Å². The van der Waals surface area contributed by atoms with Crippen LogP contribution < -0.4 is 5.32 Å². The lowest BCUT2D eigenvalue weighted by molar-refractivity contribution is -0.143. The first-order chi connectivity index (χ1) is 12.4. The van der Waals surface area contributed by atoms with Gasteiger partial charge in [-0.1, -0.05) is 30.7 Å². The second-order valence-corrected chi connectivity index (χ2v) is 7.29. The monoisotopic (exact) mass is 381 g/mol. The fraction of sp³-hybridized carbons (Fsp3) is 0.579. The highest BCUT2D eigenvalue weighted by molar-refractivity contribution is 6.30. The van der Waals surface area contributed by atoms with Crippen LogP contribution >= 0.6 is 11.6 Å². The van der Waals surface area contributed by atoms with E-state index in [0.29, 0.717) is 24.5 Å². The van der Waals surface area contributed by atoms with Crippen molar-refractivity contribution in [3.05, 3.63) is 34.9 Å². The van der Waals surface area contributed by atoms with Crippen LogP contribution in [-0.2, 0) is 4.79 Å². The van der Waals surface area contributed by atoms with Crippen LogP contribution in [0.15, 0.2) is 24.3 Å². The maximum Gasteiger partial charge on any atom is 0.317 e. The summed E-state index contributed by atoms with van der Waals surface area (Å²) < 4.78 is 0. The molecule has 26 heavy (non-hydrogen) atoms. The molecular formula is C19H28ClN3O3. The van der Waals surface area contributed by atoms with Crippen molar-refractivity contribution in [2.45, 2.75) is 32.2 Å². The third-order valence-electron chi connectivity index (χ3n) is 4.87. The fourth-order valence-electron chi connectivity index (χ4n) is 3.38. The molecule has 1 aliphatic heterocycles. The molecule has 1 heterocycles. The Hall–Kier alpha value is -1.79. The Morgan fingerprint density at radius 3 is 2.69 bits per heavy atom. The van der Waals surface area contributed by atoms with E-state index in [1.54, 1.807) is 4.90 Å². The number of likely N-dealkylation sites (tertiary alicyclic amines) is 1. The number of hydrogen-bond acceptors (Lipinski definition) is 3. The predicted octanol–water partition coefficient (Wildman–Crippen LogP) is 3.23. The lowest BCUT2D eigenvalue weighted by Crippen LogP contribution is -2.48. The van der Waals surface area contributed by atoms with Crippen molar-refractivity contribution < 1.29 is 14.7 Å². The van der Waals surface area contributed by atoms with Crippen LogP contribution in [0, 0.1) is 5.92 Å².